The van der Waals surface area contributed by atoms with Crippen molar-refractivity contribution in [2.24, 2.45) is 0 Å². The van der Waals surface area contributed by atoms with Crippen LogP contribution in [0.2, 0.25) is 5.02 Å². The SMILES string of the molecule is O=C(O)CCNC(=O)c1ccc(-c2cc(Cl)ccc2CNc2ccc(Br)cc2F)cn1. The summed E-state index contributed by atoms with van der Waals surface area (Å²) in [6, 6.07) is 13.4. The monoisotopic (exact) mass is 505 g/mol. The first-order chi connectivity index (χ1) is 14.8. The molecule has 1 heterocycles. The molecule has 0 unspecified atom stereocenters. The molecule has 3 rings (SSSR count). The molecule has 3 aromatic rings. The molecule has 1 aromatic heterocycles. The maximum atomic E-state index is 14.1. The number of hydrogen-bond donors (Lipinski definition) is 3. The van der Waals surface area contributed by atoms with Crippen molar-refractivity contribution in [1.29, 1.82) is 0 Å². The van der Waals surface area contributed by atoms with Crippen molar-refractivity contribution < 1.29 is 19.1 Å². The van der Waals surface area contributed by atoms with Crippen LogP contribution in [-0.4, -0.2) is 28.5 Å². The van der Waals surface area contributed by atoms with E-state index in [9.17, 15) is 14.0 Å². The minimum absolute atomic E-state index is 0.0221. The number of pyridine rings is 1. The second kappa shape index (κ2) is 10.4. The van der Waals surface area contributed by atoms with Gasteiger partial charge in [0.1, 0.15) is 11.5 Å². The molecule has 1 amide bonds. The summed E-state index contributed by atoms with van der Waals surface area (Å²) in [6.07, 6.45) is 1.38. The van der Waals surface area contributed by atoms with E-state index < -0.39 is 11.9 Å². The summed E-state index contributed by atoms with van der Waals surface area (Å²) in [5.74, 6) is -1.81. The van der Waals surface area contributed by atoms with E-state index in [-0.39, 0.29) is 24.5 Å². The fourth-order valence-corrected chi connectivity index (χ4v) is 3.36. The number of nitrogens with zero attached hydrogens (tertiary/aromatic N) is 1. The van der Waals surface area contributed by atoms with E-state index >= 15 is 0 Å². The van der Waals surface area contributed by atoms with Gasteiger partial charge in [-0.3, -0.25) is 14.6 Å². The van der Waals surface area contributed by atoms with Crippen molar-refractivity contribution >= 4 is 45.1 Å². The van der Waals surface area contributed by atoms with Gasteiger partial charge < -0.3 is 15.7 Å². The first kappa shape index (κ1) is 22.7. The third kappa shape index (κ3) is 6.26. The van der Waals surface area contributed by atoms with Crippen LogP contribution in [0.4, 0.5) is 10.1 Å². The average Bonchev–Trinajstić information content (AvgIpc) is 2.73. The number of rotatable bonds is 8. The number of hydrogen-bond acceptors (Lipinski definition) is 4. The number of amides is 1. The summed E-state index contributed by atoms with van der Waals surface area (Å²) in [4.78, 5) is 26.8. The summed E-state index contributed by atoms with van der Waals surface area (Å²) >= 11 is 9.41. The van der Waals surface area contributed by atoms with Crippen molar-refractivity contribution in [2.75, 3.05) is 11.9 Å². The molecule has 0 radical (unpaired) electrons. The topological polar surface area (TPSA) is 91.3 Å². The molecule has 160 valence electrons. The number of carbonyl (C=O) groups excluding carboxylic acids is 1. The zero-order chi connectivity index (χ0) is 22.4. The molecule has 0 bridgehead atoms. The van der Waals surface area contributed by atoms with Crippen molar-refractivity contribution in [3.63, 3.8) is 0 Å². The molecule has 0 spiro atoms. The molecule has 0 aliphatic carbocycles. The Morgan fingerprint density at radius 1 is 1.13 bits per heavy atom. The Balaban J connectivity index is 1.76. The Kier molecular flexibility index (Phi) is 7.59. The molecule has 6 nitrogen and oxygen atoms in total. The van der Waals surface area contributed by atoms with Gasteiger partial charge in [0.05, 0.1) is 12.1 Å². The number of aliphatic carboxylic acids is 1. The van der Waals surface area contributed by atoms with Gasteiger partial charge in [0.15, 0.2) is 0 Å². The highest BCUT2D eigenvalue weighted by Gasteiger charge is 2.11. The predicted molar refractivity (Wildman–Crippen MR) is 121 cm³/mol. The molecule has 2 aromatic carbocycles. The Labute approximate surface area is 191 Å². The first-order valence-corrected chi connectivity index (χ1v) is 10.4. The van der Waals surface area contributed by atoms with Gasteiger partial charge in [0, 0.05) is 34.3 Å². The summed E-state index contributed by atoms with van der Waals surface area (Å²) in [5, 5.41) is 14.8. The highest BCUT2D eigenvalue weighted by atomic mass is 79.9. The second-order valence-electron chi connectivity index (χ2n) is 6.61. The normalized spacial score (nSPS) is 10.5. The summed E-state index contributed by atoms with van der Waals surface area (Å²) < 4.78 is 14.8. The smallest absolute Gasteiger partial charge is 0.305 e. The Bertz CT molecular complexity index is 1110. The number of carboxylic acid groups (broad SMARTS) is 1. The van der Waals surface area contributed by atoms with Crippen molar-refractivity contribution in [2.45, 2.75) is 13.0 Å². The number of carboxylic acids is 1. The molecular formula is C22H18BrClFN3O3. The number of carbonyl (C=O) groups is 2. The summed E-state index contributed by atoms with van der Waals surface area (Å²) in [6.45, 7) is 0.372. The molecule has 0 aliphatic heterocycles. The van der Waals surface area contributed by atoms with Gasteiger partial charge in [-0.1, -0.05) is 39.7 Å². The maximum absolute atomic E-state index is 14.1. The van der Waals surface area contributed by atoms with Gasteiger partial charge in [0.25, 0.3) is 5.91 Å². The van der Waals surface area contributed by atoms with Crippen LogP contribution in [0.1, 0.15) is 22.5 Å². The number of halogens is 3. The first-order valence-electron chi connectivity index (χ1n) is 9.27. The van der Waals surface area contributed by atoms with Gasteiger partial charge in [-0.2, -0.15) is 0 Å². The van der Waals surface area contributed by atoms with Gasteiger partial charge >= 0.3 is 5.97 Å². The van der Waals surface area contributed by atoms with Crippen molar-refractivity contribution in [3.8, 4) is 11.1 Å². The van der Waals surface area contributed by atoms with Gasteiger partial charge in [-0.25, -0.2) is 4.39 Å². The van der Waals surface area contributed by atoms with E-state index in [0.29, 0.717) is 21.7 Å². The minimum atomic E-state index is -0.992. The zero-order valence-corrected chi connectivity index (χ0v) is 18.5. The van der Waals surface area contributed by atoms with E-state index in [1.807, 2.05) is 6.07 Å². The molecule has 0 aliphatic rings. The lowest BCUT2D eigenvalue weighted by molar-refractivity contribution is -0.136. The fourth-order valence-electron chi connectivity index (χ4n) is 2.86. The summed E-state index contributed by atoms with van der Waals surface area (Å²) in [5.41, 5.74) is 2.94. The van der Waals surface area contributed by atoms with E-state index in [1.54, 1.807) is 42.6 Å². The lowest BCUT2D eigenvalue weighted by Gasteiger charge is -2.13. The number of anilines is 1. The molecule has 0 saturated heterocycles. The Hall–Kier alpha value is -2.97. The lowest BCUT2D eigenvalue weighted by Crippen LogP contribution is -2.26. The van der Waals surface area contributed by atoms with E-state index in [4.69, 9.17) is 16.7 Å². The standard InChI is InChI=1S/C22H18BrClFN3O3/c23-15-3-6-19(18(25)9-15)27-11-13-1-4-16(24)10-17(13)14-2-5-20(28-12-14)22(31)26-8-7-21(29)30/h1-6,9-10,12,27H,7-8,11H2,(H,26,31)(H,29,30). The molecule has 3 N–H and O–H groups in total. The van der Waals surface area contributed by atoms with Gasteiger partial charge in [0.2, 0.25) is 0 Å². The number of nitrogens with one attached hydrogen (secondary N) is 2. The Morgan fingerprint density at radius 3 is 2.61 bits per heavy atom. The molecule has 9 heteroatoms. The second-order valence-corrected chi connectivity index (χ2v) is 7.96. The van der Waals surface area contributed by atoms with E-state index in [2.05, 4.69) is 31.5 Å². The van der Waals surface area contributed by atoms with Crippen LogP contribution in [0.15, 0.2) is 59.2 Å². The van der Waals surface area contributed by atoms with Gasteiger partial charge in [-0.15, -0.1) is 0 Å². The highest BCUT2D eigenvalue weighted by Crippen LogP contribution is 2.28. The average molecular weight is 507 g/mol. The number of aromatic nitrogens is 1. The van der Waals surface area contributed by atoms with Crippen LogP contribution in [0.3, 0.4) is 0 Å². The molecule has 0 atom stereocenters. The molecular weight excluding hydrogens is 489 g/mol. The quantitative estimate of drug-likeness (QED) is 0.394. The third-order valence-corrected chi connectivity index (χ3v) is 5.13. The lowest BCUT2D eigenvalue weighted by atomic mass is 10.0. The highest BCUT2D eigenvalue weighted by molar-refractivity contribution is 9.10. The zero-order valence-electron chi connectivity index (χ0n) is 16.2. The van der Waals surface area contributed by atoms with Crippen LogP contribution < -0.4 is 10.6 Å². The van der Waals surface area contributed by atoms with Crippen LogP contribution >= 0.6 is 27.5 Å². The Morgan fingerprint density at radius 2 is 1.94 bits per heavy atom. The van der Waals surface area contributed by atoms with E-state index in [1.165, 1.54) is 6.07 Å². The van der Waals surface area contributed by atoms with Gasteiger partial charge in [-0.05, 0) is 47.5 Å². The van der Waals surface area contributed by atoms with Crippen LogP contribution in [-0.2, 0) is 11.3 Å². The largest absolute Gasteiger partial charge is 0.481 e. The van der Waals surface area contributed by atoms with Crippen LogP contribution in [0.25, 0.3) is 11.1 Å². The van der Waals surface area contributed by atoms with Crippen LogP contribution in [0.5, 0.6) is 0 Å². The van der Waals surface area contributed by atoms with Crippen molar-refractivity contribution in [3.05, 3.63) is 81.3 Å². The minimum Gasteiger partial charge on any atom is -0.481 e. The van der Waals surface area contributed by atoms with Crippen LogP contribution in [0, 0.1) is 5.82 Å². The summed E-state index contributed by atoms with van der Waals surface area (Å²) in [7, 11) is 0. The molecule has 0 saturated carbocycles. The van der Waals surface area contributed by atoms with Crippen molar-refractivity contribution in [1.82, 2.24) is 10.3 Å². The predicted octanol–water partition coefficient (Wildman–Crippen LogP) is 5.12. The number of benzene rings is 2. The molecule has 0 fully saturated rings. The van der Waals surface area contributed by atoms with E-state index in [0.717, 1.165) is 16.7 Å². The third-order valence-electron chi connectivity index (χ3n) is 4.40. The molecule has 31 heavy (non-hydrogen) atoms. The maximum Gasteiger partial charge on any atom is 0.305 e. The fraction of sp³-hybridized carbons (Fsp3) is 0.136.